The van der Waals surface area contributed by atoms with Crippen LogP contribution in [0.25, 0.3) is 0 Å². The maximum atomic E-state index is 12.8. The van der Waals surface area contributed by atoms with E-state index in [0.717, 1.165) is 31.2 Å². The van der Waals surface area contributed by atoms with Crippen LogP contribution in [0.5, 0.6) is 11.5 Å². The molecule has 0 aliphatic rings. The van der Waals surface area contributed by atoms with Gasteiger partial charge in [-0.25, -0.2) is 0 Å². The number of carbonyl (C=O) groups excluding carboxylic acids is 1. The Morgan fingerprint density at radius 1 is 0.735 bits per heavy atom. The summed E-state index contributed by atoms with van der Waals surface area (Å²) in [6.45, 7) is 0.304. The van der Waals surface area contributed by atoms with Gasteiger partial charge in [-0.15, -0.1) is 0 Å². The van der Waals surface area contributed by atoms with E-state index in [9.17, 15) is 15.0 Å². The molecule has 0 aliphatic carbocycles. The van der Waals surface area contributed by atoms with Crippen LogP contribution < -0.4 is 4.74 Å². The molecule has 34 heavy (non-hydrogen) atoms. The minimum atomic E-state index is -0.716. The van der Waals surface area contributed by atoms with Gasteiger partial charge in [-0.3, -0.25) is 4.79 Å². The fourth-order valence-electron chi connectivity index (χ4n) is 4.13. The first-order chi connectivity index (χ1) is 16.6. The van der Waals surface area contributed by atoms with Gasteiger partial charge < -0.3 is 14.9 Å². The number of aromatic hydroxyl groups is 1. The third-order valence-electron chi connectivity index (χ3n) is 6.04. The van der Waals surface area contributed by atoms with E-state index in [-0.39, 0.29) is 23.5 Å². The second kappa shape index (κ2) is 14.2. The number of hydrogen-bond acceptors (Lipinski definition) is 4. The van der Waals surface area contributed by atoms with Gasteiger partial charge in [0.2, 0.25) is 0 Å². The fraction of sp³-hybridized carbons (Fsp3) is 0.367. The Balaban J connectivity index is 1.35. The zero-order valence-corrected chi connectivity index (χ0v) is 19.9. The molecule has 3 aromatic rings. The van der Waals surface area contributed by atoms with Crippen LogP contribution in [0.2, 0.25) is 0 Å². The molecule has 180 valence electrons. The number of unbranched alkanes of at least 4 members (excludes halogenated alkanes) is 5. The highest BCUT2D eigenvalue weighted by atomic mass is 16.5. The monoisotopic (exact) mass is 460 g/mol. The van der Waals surface area contributed by atoms with Crippen LogP contribution in [-0.4, -0.2) is 22.1 Å². The van der Waals surface area contributed by atoms with Gasteiger partial charge in [-0.1, -0.05) is 98.8 Å². The zero-order valence-electron chi connectivity index (χ0n) is 19.9. The molecule has 3 rings (SSSR count). The number of aliphatic hydroxyl groups excluding tert-OH is 1. The summed E-state index contributed by atoms with van der Waals surface area (Å²) in [7, 11) is 0. The maximum absolute atomic E-state index is 12.8. The largest absolute Gasteiger partial charge is 0.507 e. The molecule has 0 aromatic heterocycles. The summed E-state index contributed by atoms with van der Waals surface area (Å²) < 4.78 is 5.82. The van der Waals surface area contributed by atoms with Gasteiger partial charge in [0.15, 0.2) is 5.78 Å². The number of hydrogen-bond donors (Lipinski definition) is 2. The van der Waals surface area contributed by atoms with Crippen molar-refractivity contribution in [3.8, 4) is 11.5 Å². The Morgan fingerprint density at radius 2 is 1.35 bits per heavy atom. The Bertz CT molecular complexity index is 985. The predicted molar refractivity (Wildman–Crippen MR) is 136 cm³/mol. The van der Waals surface area contributed by atoms with Crippen LogP contribution in [0.1, 0.15) is 72.9 Å². The SMILES string of the molecule is O=C(CC(O)CCCCCCCCc1ccccc1)c1c(O)cccc1OCc1ccccc1. The predicted octanol–water partition coefficient (Wildman–Crippen LogP) is 6.88. The van der Waals surface area contributed by atoms with Crippen molar-refractivity contribution in [2.45, 2.75) is 70.5 Å². The molecule has 0 saturated carbocycles. The number of aryl methyl sites for hydroxylation is 1. The highest BCUT2D eigenvalue weighted by Crippen LogP contribution is 2.30. The first-order valence-electron chi connectivity index (χ1n) is 12.4. The Hall–Kier alpha value is -3.11. The van der Waals surface area contributed by atoms with E-state index in [4.69, 9.17) is 4.74 Å². The van der Waals surface area contributed by atoms with Crippen molar-refractivity contribution in [2.24, 2.45) is 0 Å². The van der Waals surface area contributed by atoms with E-state index < -0.39 is 6.10 Å². The molecular weight excluding hydrogens is 424 g/mol. The molecule has 1 unspecified atom stereocenters. The molecule has 1 atom stereocenters. The number of benzene rings is 3. The van der Waals surface area contributed by atoms with Crippen molar-refractivity contribution < 1.29 is 19.7 Å². The van der Waals surface area contributed by atoms with Crippen molar-refractivity contribution in [1.29, 1.82) is 0 Å². The number of Topliss-reactive ketones (excluding diaryl/α,β-unsaturated/α-hetero) is 1. The number of phenols is 1. The van der Waals surface area contributed by atoms with Crippen molar-refractivity contribution in [3.05, 3.63) is 95.6 Å². The van der Waals surface area contributed by atoms with Crippen LogP contribution in [-0.2, 0) is 13.0 Å². The Kier molecular flexibility index (Phi) is 10.7. The van der Waals surface area contributed by atoms with E-state index in [1.807, 2.05) is 36.4 Å². The minimum Gasteiger partial charge on any atom is -0.507 e. The molecule has 3 aromatic carbocycles. The lowest BCUT2D eigenvalue weighted by atomic mass is 9.99. The fourth-order valence-corrected chi connectivity index (χ4v) is 4.13. The molecule has 0 fully saturated rings. The van der Waals surface area contributed by atoms with Gasteiger partial charge in [-0.2, -0.15) is 0 Å². The molecule has 0 bridgehead atoms. The van der Waals surface area contributed by atoms with Crippen LogP contribution in [0.3, 0.4) is 0 Å². The number of ether oxygens (including phenoxy) is 1. The summed E-state index contributed by atoms with van der Waals surface area (Å²) in [6.07, 6.45) is 7.70. The molecule has 2 N–H and O–H groups in total. The molecule has 0 amide bonds. The van der Waals surface area contributed by atoms with Gasteiger partial charge in [0.25, 0.3) is 0 Å². The lowest BCUT2D eigenvalue weighted by Crippen LogP contribution is -2.15. The van der Waals surface area contributed by atoms with Crippen molar-refractivity contribution >= 4 is 5.78 Å². The van der Waals surface area contributed by atoms with Crippen LogP contribution in [0.15, 0.2) is 78.9 Å². The number of carbonyl (C=O) groups is 1. The summed E-state index contributed by atoms with van der Waals surface area (Å²) in [5.74, 6) is -0.0654. The van der Waals surface area contributed by atoms with Crippen LogP contribution >= 0.6 is 0 Å². The van der Waals surface area contributed by atoms with E-state index in [0.29, 0.717) is 18.8 Å². The zero-order chi connectivity index (χ0) is 24.0. The number of phenolic OH excluding ortho intramolecular Hbond substituents is 1. The standard InChI is InChI=1S/C30H36O4/c31-26(19-12-4-2-1-3-7-14-24-15-8-5-9-16-24)22-28(33)30-27(32)20-13-21-29(30)34-23-25-17-10-6-11-18-25/h5-6,8-11,13,15-18,20-21,26,31-32H,1-4,7,12,14,19,22-23H2. The van der Waals surface area contributed by atoms with Gasteiger partial charge in [0.1, 0.15) is 23.7 Å². The molecular formula is C30H36O4. The normalized spacial score (nSPS) is 11.8. The first kappa shape index (κ1) is 25.5. The average Bonchev–Trinajstić information content (AvgIpc) is 2.85. The molecule has 0 heterocycles. The van der Waals surface area contributed by atoms with Crippen LogP contribution in [0.4, 0.5) is 0 Å². The summed E-state index contributed by atoms with van der Waals surface area (Å²) in [5, 5.41) is 20.7. The van der Waals surface area contributed by atoms with E-state index in [2.05, 4.69) is 24.3 Å². The van der Waals surface area contributed by atoms with Crippen molar-refractivity contribution in [2.75, 3.05) is 0 Å². The molecule has 4 nitrogen and oxygen atoms in total. The number of rotatable bonds is 15. The minimum absolute atomic E-state index is 0.0175. The van der Waals surface area contributed by atoms with Gasteiger partial charge in [0, 0.05) is 6.42 Å². The Morgan fingerprint density at radius 3 is 2.06 bits per heavy atom. The second-order valence-corrected chi connectivity index (χ2v) is 8.85. The lowest BCUT2D eigenvalue weighted by Gasteiger charge is -2.14. The highest BCUT2D eigenvalue weighted by Gasteiger charge is 2.20. The van der Waals surface area contributed by atoms with E-state index >= 15 is 0 Å². The molecule has 0 radical (unpaired) electrons. The van der Waals surface area contributed by atoms with E-state index in [1.165, 1.54) is 30.9 Å². The quantitative estimate of drug-likeness (QED) is 0.192. The van der Waals surface area contributed by atoms with Crippen molar-refractivity contribution in [1.82, 2.24) is 0 Å². The van der Waals surface area contributed by atoms with Gasteiger partial charge >= 0.3 is 0 Å². The average molecular weight is 461 g/mol. The summed E-state index contributed by atoms with van der Waals surface area (Å²) in [5.41, 5.74) is 2.52. The Labute approximate surface area is 203 Å². The van der Waals surface area contributed by atoms with Gasteiger partial charge in [0.05, 0.1) is 6.10 Å². The topological polar surface area (TPSA) is 66.8 Å². The summed E-state index contributed by atoms with van der Waals surface area (Å²) >= 11 is 0. The molecule has 0 spiro atoms. The molecule has 0 aliphatic heterocycles. The molecule has 4 heteroatoms. The molecule has 0 saturated heterocycles. The summed E-state index contributed by atoms with van der Waals surface area (Å²) in [4.78, 5) is 12.8. The number of aliphatic hydroxyl groups is 1. The number of ketones is 1. The van der Waals surface area contributed by atoms with Crippen molar-refractivity contribution in [3.63, 3.8) is 0 Å². The third-order valence-corrected chi connectivity index (χ3v) is 6.04. The first-order valence-corrected chi connectivity index (χ1v) is 12.4. The van der Waals surface area contributed by atoms with Gasteiger partial charge in [-0.05, 0) is 42.5 Å². The third kappa shape index (κ3) is 8.68. The highest BCUT2D eigenvalue weighted by molar-refractivity contribution is 6.01. The smallest absolute Gasteiger partial charge is 0.172 e. The van der Waals surface area contributed by atoms with E-state index in [1.54, 1.807) is 12.1 Å². The maximum Gasteiger partial charge on any atom is 0.172 e. The lowest BCUT2D eigenvalue weighted by molar-refractivity contribution is 0.0857. The second-order valence-electron chi connectivity index (χ2n) is 8.85. The summed E-state index contributed by atoms with van der Waals surface area (Å²) in [6, 6.07) is 25.1. The van der Waals surface area contributed by atoms with Crippen LogP contribution in [0, 0.1) is 0 Å².